The molecule has 2 aliphatic carbocycles. The number of rotatable bonds is 3. The molecule has 0 amide bonds. The maximum Gasteiger partial charge on any atom is 0.219 e. The van der Waals surface area contributed by atoms with Crippen LogP contribution >= 0.6 is 0 Å². The van der Waals surface area contributed by atoms with Crippen molar-refractivity contribution in [2.45, 2.75) is 76.2 Å². The molecule has 4 nitrogen and oxygen atoms in total. The summed E-state index contributed by atoms with van der Waals surface area (Å²) < 4.78 is 6.08. The molecule has 21 heavy (non-hydrogen) atoms. The molecule has 0 aliphatic heterocycles. The molecule has 1 aromatic heterocycles. The van der Waals surface area contributed by atoms with Gasteiger partial charge in [0, 0.05) is 5.56 Å². The van der Waals surface area contributed by atoms with Gasteiger partial charge in [0.15, 0.2) is 0 Å². The number of aryl methyl sites for hydroxylation is 1. The van der Waals surface area contributed by atoms with Crippen molar-refractivity contribution >= 4 is 0 Å². The maximum atomic E-state index is 6.55. The van der Waals surface area contributed by atoms with E-state index in [2.05, 4.69) is 9.97 Å². The summed E-state index contributed by atoms with van der Waals surface area (Å²) in [6.07, 6.45) is 14.7. The van der Waals surface area contributed by atoms with Crippen molar-refractivity contribution in [3.8, 4) is 5.88 Å². The molecular weight excluding hydrogens is 262 g/mol. The highest BCUT2D eigenvalue weighted by atomic mass is 16.5. The molecule has 1 heterocycles. The van der Waals surface area contributed by atoms with Crippen LogP contribution in [0.4, 0.5) is 0 Å². The molecule has 1 fully saturated rings. The lowest BCUT2D eigenvalue weighted by Crippen LogP contribution is -2.45. The van der Waals surface area contributed by atoms with Gasteiger partial charge >= 0.3 is 0 Å². The summed E-state index contributed by atoms with van der Waals surface area (Å²) in [4.78, 5) is 8.83. The Labute approximate surface area is 127 Å². The SMILES string of the molecule is NC1(COc2ncnc3c2CCCCC3)CCCCCC1. The smallest absolute Gasteiger partial charge is 0.219 e. The van der Waals surface area contributed by atoms with Gasteiger partial charge in [0.05, 0.1) is 11.2 Å². The van der Waals surface area contributed by atoms with Crippen LogP contribution in [0.25, 0.3) is 0 Å². The predicted octanol–water partition coefficient (Wildman–Crippen LogP) is 3.18. The van der Waals surface area contributed by atoms with Crippen molar-refractivity contribution < 1.29 is 4.74 Å². The van der Waals surface area contributed by atoms with Gasteiger partial charge in [0.2, 0.25) is 5.88 Å². The first-order valence-electron chi connectivity index (χ1n) is 8.51. The number of nitrogens with two attached hydrogens (primary N) is 1. The minimum atomic E-state index is -0.168. The van der Waals surface area contributed by atoms with E-state index in [1.807, 2.05) is 0 Å². The largest absolute Gasteiger partial charge is 0.475 e. The van der Waals surface area contributed by atoms with Gasteiger partial charge in [0.25, 0.3) is 0 Å². The van der Waals surface area contributed by atoms with E-state index in [1.54, 1.807) is 6.33 Å². The Bertz CT molecular complexity index is 467. The zero-order valence-corrected chi connectivity index (χ0v) is 12.9. The third kappa shape index (κ3) is 3.73. The Morgan fingerprint density at radius 1 is 0.952 bits per heavy atom. The second-order valence-electron chi connectivity index (χ2n) is 6.73. The number of aromatic nitrogens is 2. The van der Waals surface area contributed by atoms with E-state index in [0.717, 1.165) is 31.6 Å². The molecule has 0 saturated heterocycles. The summed E-state index contributed by atoms with van der Waals surface area (Å²) in [7, 11) is 0. The Morgan fingerprint density at radius 3 is 2.48 bits per heavy atom. The monoisotopic (exact) mass is 289 g/mol. The van der Waals surface area contributed by atoms with E-state index in [-0.39, 0.29) is 5.54 Å². The fraction of sp³-hybridized carbons (Fsp3) is 0.765. The predicted molar refractivity (Wildman–Crippen MR) is 83.4 cm³/mol. The number of hydrogen-bond acceptors (Lipinski definition) is 4. The van der Waals surface area contributed by atoms with E-state index >= 15 is 0 Å². The van der Waals surface area contributed by atoms with Crippen LogP contribution in [0.3, 0.4) is 0 Å². The first kappa shape index (κ1) is 14.8. The summed E-state index contributed by atoms with van der Waals surface area (Å²) in [5.74, 6) is 0.788. The topological polar surface area (TPSA) is 61.0 Å². The first-order valence-corrected chi connectivity index (χ1v) is 8.51. The summed E-state index contributed by atoms with van der Waals surface area (Å²) in [6, 6.07) is 0. The lowest BCUT2D eigenvalue weighted by atomic mass is 9.92. The number of hydrogen-bond donors (Lipinski definition) is 1. The quantitative estimate of drug-likeness (QED) is 0.686. The molecule has 0 aromatic carbocycles. The van der Waals surface area contributed by atoms with Crippen molar-refractivity contribution in [2.24, 2.45) is 5.73 Å². The Morgan fingerprint density at radius 2 is 1.67 bits per heavy atom. The van der Waals surface area contributed by atoms with Crippen LogP contribution in [0.5, 0.6) is 5.88 Å². The van der Waals surface area contributed by atoms with Gasteiger partial charge < -0.3 is 10.5 Å². The number of ether oxygens (including phenoxy) is 1. The normalized spacial score (nSPS) is 22.0. The number of fused-ring (bicyclic) bond motifs is 1. The summed E-state index contributed by atoms with van der Waals surface area (Å²) in [6.45, 7) is 0.594. The standard InChI is InChI=1S/C17H27N3O/c18-17(10-6-1-2-7-11-17)12-21-16-14-8-4-3-5-9-15(14)19-13-20-16/h13H,1-12,18H2. The number of nitrogens with zero attached hydrogens (tertiary/aromatic N) is 2. The average Bonchev–Trinajstić information content (AvgIpc) is 2.86. The summed E-state index contributed by atoms with van der Waals surface area (Å²) in [5.41, 5.74) is 8.79. The van der Waals surface area contributed by atoms with Gasteiger partial charge in [-0.15, -0.1) is 0 Å². The molecule has 1 saturated carbocycles. The van der Waals surface area contributed by atoms with Crippen molar-refractivity contribution in [1.82, 2.24) is 9.97 Å². The molecule has 3 rings (SSSR count). The molecule has 1 aromatic rings. The van der Waals surface area contributed by atoms with Crippen LogP contribution in [-0.2, 0) is 12.8 Å². The molecule has 2 N–H and O–H groups in total. The van der Waals surface area contributed by atoms with Gasteiger partial charge in [0.1, 0.15) is 12.9 Å². The van der Waals surface area contributed by atoms with Crippen molar-refractivity contribution in [1.29, 1.82) is 0 Å². The molecule has 4 heteroatoms. The molecule has 116 valence electrons. The minimum Gasteiger partial charge on any atom is -0.475 e. The Hall–Kier alpha value is -1.16. The van der Waals surface area contributed by atoms with Crippen molar-refractivity contribution in [3.05, 3.63) is 17.6 Å². The summed E-state index contributed by atoms with van der Waals surface area (Å²) >= 11 is 0. The zero-order chi connectivity index (χ0) is 14.5. The highest BCUT2D eigenvalue weighted by molar-refractivity contribution is 5.31. The Balaban J connectivity index is 1.70. The van der Waals surface area contributed by atoms with Gasteiger partial charge in [-0.1, -0.05) is 32.1 Å². The van der Waals surface area contributed by atoms with Crippen LogP contribution in [-0.4, -0.2) is 22.1 Å². The average molecular weight is 289 g/mol. The molecular formula is C17H27N3O. The molecule has 0 radical (unpaired) electrons. The van der Waals surface area contributed by atoms with Crippen LogP contribution in [0.1, 0.15) is 69.0 Å². The third-order valence-corrected chi connectivity index (χ3v) is 4.93. The highest BCUT2D eigenvalue weighted by Crippen LogP contribution is 2.28. The first-order chi connectivity index (χ1) is 10.3. The van der Waals surface area contributed by atoms with Gasteiger partial charge in [-0.3, -0.25) is 0 Å². The van der Waals surface area contributed by atoms with E-state index in [4.69, 9.17) is 10.5 Å². The van der Waals surface area contributed by atoms with E-state index < -0.39 is 0 Å². The molecule has 2 aliphatic rings. The Kier molecular flexibility index (Phi) is 4.73. The molecule has 0 unspecified atom stereocenters. The lowest BCUT2D eigenvalue weighted by Gasteiger charge is -2.28. The third-order valence-electron chi connectivity index (χ3n) is 4.93. The molecule has 0 bridgehead atoms. The van der Waals surface area contributed by atoms with Gasteiger partial charge in [-0.05, 0) is 38.5 Å². The van der Waals surface area contributed by atoms with Crippen LogP contribution < -0.4 is 10.5 Å². The van der Waals surface area contributed by atoms with Crippen LogP contribution in [0, 0.1) is 0 Å². The zero-order valence-electron chi connectivity index (χ0n) is 12.9. The van der Waals surface area contributed by atoms with E-state index in [0.29, 0.717) is 6.61 Å². The van der Waals surface area contributed by atoms with Gasteiger partial charge in [-0.2, -0.15) is 0 Å². The van der Waals surface area contributed by atoms with Crippen LogP contribution in [0.2, 0.25) is 0 Å². The second-order valence-corrected chi connectivity index (χ2v) is 6.73. The highest BCUT2D eigenvalue weighted by Gasteiger charge is 2.28. The fourth-order valence-electron chi connectivity index (χ4n) is 3.58. The summed E-state index contributed by atoms with van der Waals surface area (Å²) in [5, 5.41) is 0. The van der Waals surface area contributed by atoms with Crippen molar-refractivity contribution in [2.75, 3.05) is 6.61 Å². The maximum absolute atomic E-state index is 6.55. The minimum absolute atomic E-state index is 0.168. The van der Waals surface area contributed by atoms with E-state index in [1.165, 1.54) is 56.2 Å². The molecule has 0 atom stereocenters. The van der Waals surface area contributed by atoms with Crippen molar-refractivity contribution in [3.63, 3.8) is 0 Å². The fourth-order valence-corrected chi connectivity index (χ4v) is 3.58. The lowest BCUT2D eigenvalue weighted by molar-refractivity contribution is 0.191. The van der Waals surface area contributed by atoms with Crippen LogP contribution in [0.15, 0.2) is 6.33 Å². The molecule has 0 spiro atoms. The van der Waals surface area contributed by atoms with E-state index in [9.17, 15) is 0 Å². The second kappa shape index (κ2) is 6.73. The van der Waals surface area contributed by atoms with Gasteiger partial charge in [-0.25, -0.2) is 9.97 Å².